The average Bonchev–Trinajstić information content (AvgIpc) is 2.77. The molecule has 0 fully saturated rings. The van der Waals surface area contributed by atoms with E-state index in [1.54, 1.807) is 31.2 Å². The van der Waals surface area contributed by atoms with E-state index in [0.717, 1.165) is 5.56 Å². The first-order chi connectivity index (χ1) is 9.54. The lowest BCUT2D eigenvalue weighted by Crippen LogP contribution is -2.02. The second-order valence-corrected chi connectivity index (χ2v) is 4.70. The molecule has 2 aromatic carbocycles. The van der Waals surface area contributed by atoms with Crippen molar-refractivity contribution >= 4 is 11.1 Å². The number of rotatable bonds is 2. The van der Waals surface area contributed by atoms with Gasteiger partial charge in [-0.05, 0) is 36.2 Å². The van der Waals surface area contributed by atoms with Crippen molar-refractivity contribution in [2.45, 2.75) is 13.0 Å². The van der Waals surface area contributed by atoms with Gasteiger partial charge in [-0.15, -0.1) is 0 Å². The van der Waals surface area contributed by atoms with E-state index in [2.05, 4.69) is 4.98 Å². The number of aromatic amines is 1. The molecule has 0 saturated heterocycles. The van der Waals surface area contributed by atoms with E-state index in [1.165, 1.54) is 12.1 Å². The molecular formula is C15H12FNO3. The van der Waals surface area contributed by atoms with Gasteiger partial charge in [-0.3, -0.25) is 4.98 Å². The maximum Gasteiger partial charge on any atom is 0.417 e. The van der Waals surface area contributed by atoms with Crippen molar-refractivity contribution in [1.29, 1.82) is 0 Å². The molecule has 0 amide bonds. The molecule has 1 heterocycles. The molecule has 0 aliphatic carbocycles. The van der Waals surface area contributed by atoms with Gasteiger partial charge < -0.3 is 9.52 Å². The summed E-state index contributed by atoms with van der Waals surface area (Å²) in [5.41, 5.74) is 2.30. The van der Waals surface area contributed by atoms with E-state index in [9.17, 15) is 14.3 Å². The van der Waals surface area contributed by atoms with Crippen molar-refractivity contribution in [3.63, 3.8) is 0 Å². The largest absolute Gasteiger partial charge is 0.417 e. The van der Waals surface area contributed by atoms with Gasteiger partial charge in [0.25, 0.3) is 0 Å². The summed E-state index contributed by atoms with van der Waals surface area (Å²) < 4.78 is 18.8. The Bertz CT molecular complexity index is 834. The van der Waals surface area contributed by atoms with Gasteiger partial charge >= 0.3 is 5.76 Å². The molecule has 0 aliphatic rings. The Labute approximate surface area is 113 Å². The van der Waals surface area contributed by atoms with Crippen molar-refractivity contribution in [2.24, 2.45) is 0 Å². The van der Waals surface area contributed by atoms with Crippen molar-refractivity contribution in [1.82, 2.24) is 4.98 Å². The van der Waals surface area contributed by atoms with Gasteiger partial charge in [0.2, 0.25) is 0 Å². The monoisotopic (exact) mass is 273 g/mol. The molecule has 1 atom stereocenters. The highest BCUT2D eigenvalue weighted by Crippen LogP contribution is 2.26. The van der Waals surface area contributed by atoms with Crippen LogP contribution in [0.1, 0.15) is 22.8 Å². The van der Waals surface area contributed by atoms with Crippen molar-refractivity contribution in [2.75, 3.05) is 0 Å². The third-order valence-corrected chi connectivity index (χ3v) is 3.21. The van der Waals surface area contributed by atoms with Gasteiger partial charge in [0.05, 0.1) is 5.52 Å². The topological polar surface area (TPSA) is 66.2 Å². The summed E-state index contributed by atoms with van der Waals surface area (Å²) in [5, 5.41) is 10.3. The summed E-state index contributed by atoms with van der Waals surface area (Å²) in [6.07, 6.45) is -1.11. The van der Waals surface area contributed by atoms with Crippen LogP contribution in [0.3, 0.4) is 0 Å². The number of aryl methyl sites for hydroxylation is 1. The Morgan fingerprint density at radius 3 is 2.80 bits per heavy atom. The van der Waals surface area contributed by atoms with Crippen LogP contribution in [-0.2, 0) is 0 Å². The average molecular weight is 273 g/mol. The van der Waals surface area contributed by atoms with Crippen LogP contribution in [0.15, 0.2) is 45.6 Å². The summed E-state index contributed by atoms with van der Waals surface area (Å²) in [7, 11) is 0. The molecule has 0 aliphatic heterocycles. The van der Waals surface area contributed by atoms with E-state index in [4.69, 9.17) is 4.42 Å². The fraction of sp³-hybridized carbons (Fsp3) is 0.133. The maximum absolute atomic E-state index is 13.9. The fourth-order valence-electron chi connectivity index (χ4n) is 2.17. The summed E-state index contributed by atoms with van der Waals surface area (Å²) in [4.78, 5) is 13.6. The van der Waals surface area contributed by atoms with Gasteiger partial charge in [0, 0.05) is 5.56 Å². The minimum Gasteiger partial charge on any atom is -0.408 e. The number of hydrogen-bond acceptors (Lipinski definition) is 3. The summed E-state index contributed by atoms with van der Waals surface area (Å²) in [6, 6.07) is 9.41. The number of aromatic nitrogens is 1. The molecule has 1 unspecified atom stereocenters. The molecule has 20 heavy (non-hydrogen) atoms. The zero-order valence-electron chi connectivity index (χ0n) is 10.7. The third kappa shape index (κ3) is 2.12. The molecule has 5 heteroatoms. The van der Waals surface area contributed by atoms with Crippen molar-refractivity contribution in [3.8, 4) is 0 Å². The van der Waals surface area contributed by atoms with E-state index < -0.39 is 17.7 Å². The van der Waals surface area contributed by atoms with Crippen LogP contribution < -0.4 is 5.76 Å². The first-order valence-electron chi connectivity index (χ1n) is 6.11. The normalized spacial score (nSPS) is 12.8. The molecule has 0 bridgehead atoms. The number of nitrogens with one attached hydrogen (secondary N) is 1. The standard InChI is InChI=1S/C15H12FNO3/c1-8-2-4-10(11(16)6-8)14(18)9-3-5-12-13(7-9)20-15(19)17-12/h2-7,14,18H,1H3,(H,17,19). The molecule has 3 aromatic rings. The first kappa shape index (κ1) is 12.6. The van der Waals surface area contributed by atoms with E-state index in [-0.39, 0.29) is 5.56 Å². The highest BCUT2D eigenvalue weighted by atomic mass is 19.1. The van der Waals surface area contributed by atoms with Crippen LogP contribution in [0, 0.1) is 12.7 Å². The second kappa shape index (κ2) is 4.61. The summed E-state index contributed by atoms with van der Waals surface area (Å²) in [5.74, 6) is -1.03. The predicted octanol–water partition coefficient (Wildman–Crippen LogP) is 2.65. The predicted molar refractivity (Wildman–Crippen MR) is 72.0 cm³/mol. The zero-order valence-corrected chi connectivity index (χ0v) is 10.7. The second-order valence-electron chi connectivity index (χ2n) is 4.70. The Balaban J connectivity index is 2.06. The van der Waals surface area contributed by atoms with Gasteiger partial charge in [-0.1, -0.05) is 18.2 Å². The maximum atomic E-state index is 13.9. The van der Waals surface area contributed by atoms with Crippen LogP contribution in [0.4, 0.5) is 4.39 Å². The fourth-order valence-corrected chi connectivity index (χ4v) is 2.17. The molecule has 4 nitrogen and oxygen atoms in total. The van der Waals surface area contributed by atoms with Crippen LogP contribution >= 0.6 is 0 Å². The third-order valence-electron chi connectivity index (χ3n) is 3.21. The first-order valence-corrected chi connectivity index (χ1v) is 6.11. The molecule has 0 radical (unpaired) electrons. The molecule has 3 rings (SSSR count). The van der Waals surface area contributed by atoms with Crippen LogP contribution in [0.5, 0.6) is 0 Å². The molecule has 102 valence electrons. The van der Waals surface area contributed by atoms with Gasteiger partial charge in [-0.2, -0.15) is 0 Å². The Kier molecular flexibility index (Phi) is 2.91. The molecular weight excluding hydrogens is 261 g/mol. The summed E-state index contributed by atoms with van der Waals surface area (Å²) >= 11 is 0. The van der Waals surface area contributed by atoms with Crippen LogP contribution in [0.2, 0.25) is 0 Å². The minimum atomic E-state index is -1.11. The number of hydrogen-bond donors (Lipinski definition) is 2. The van der Waals surface area contributed by atoms with Crippen LogP contribution in [-0.4, -0.2) is 10.1 Å². The van der Waals surface area contributed by atoms with E-state index in [0.29, 0.717) is 16.7 Å². The zero-order chi connectivity index (χ0) is 14.3. The number of fused-ring (bicyclic) bond motifs is 1. The molecule has 1 aromatic heterocycles. The quantitative estimate of drug-likeness (QED) is 0.754. The van der Waals surface area contributed by atoms with Crippen molar-refractivity contribution < 1.29 is 13.9 Å². The van der Waals surface area contributed by atoms with Gasteiger partial charge in [0.15, 0.2) is 5.58 Å². The molecule has 0 saturated carbocycles. The minimum absolute atomic E-state index is 0.188. The molecule has 2 N–H and O–H groups in total. The van der Waals surface area contributed by atoms with Crippen LogP contribution in [0.25, 0.3) is 11.1 Å². The number of benzene rings is 2. The van der Waals surface area contributed by atoms with Gasteiger partial charge in [-0.25, -0.2) is 9.18 Å². The number of H-pyrrole nitrogens is 1. The molecule has 0 spiro atoms. The van der Waals surface area contributed by atoms with Gasteiger partial charge in [0.1, 0.15) is 11.9 Å². The Hall–Kier alpha value is -2.40. The van der Waals surface area contributed by atoms with E-state index in [1.807, 2.05) is 0 Å². The highest BCUT2D eigenvalue weighted by Gasteiger charge is 2.16. The lowest BCUT2D eigenvalue weighted by Gasteiger charge is -2.12. The lowest BCUT2D eigenvalue weighted by molar-refractivity contribution is 0.215. The SMILES string of the molecule is Cc1ccc(C(O)c2ccc3[nH]c(=O)oc3c2)c(F)c1. The Morgan fingerprint density at radius 1 is 1.25 bits per heavy atom. The van der Waals surface area contributed by atoms with Crippen molar-refractivity contribution in [3.05, 3.63) is 69.5 Å². The smallest absolute Gasteiger partial charge is 0.408 e. The van der Waals surface area contributed by atoms with E-state index >= 15 is 0 Å². The highest BCUT2D eigenvalue weighted by molar-refractivity contribution is 5.73. The number of aliphatic hydroxyl groups is 1. The summed E-state index contributed by atoms with van der Waals surface area (Å²) in [6.45, 7) is 1.78. The number of oxazole rings is 1. The number of halogens is 1. The Morgan fingerprint density at radius 2 is 2.05 bits per heavy atom. The lowest BCUT2D eigenvalue weighted by atomic mass is 10.00. The number of aliphatic hydroxyl groups excluding tert-OH is 1.